The molecule has 0 aromatic rings. The molecule has 0 aromatic carbocycles. The number of aliphatic hydroxyl groups is 1. The highest BCUT2D eigenvalue weighted by atomic mass is 16.3. The molecule has 8 heavy (non-hydrogen) atoms. The first-order chi connectivity index (χ1) is 3.66. The molecule has 1 aliphatic carbocycles. The van der Waals surface area contributed by atoms with Gasteiger partial charge in [0.1, 0.15) is 0 Å². The molecule has 0 radical (unpaired) electrons. The van der Waals surface area contributed by atoms with Crippen LogP contribution in [0.4, 0.5) is 0 Å². The molecule has 1 fully saturated rings. The quantitative estimate of drug-likeness (QED) is 0.403. The summed E-state index contributed by atoms with van der Waals surface area (Å²) in [5, 5.41) is 8.78. The monoisotopic (exact) mass is 116 g/mol. The zero-order chi connectivity index (χ0) is 6.20. The Morgan fingerprint density at radius 1 is 1.62 bits per heavy atom. The molecule has 3 nitrogen and oxygen atoms in total. The van der Waals surface area contributed by atoms with E-state index >= 15 is 0 Å². The van der Waals surface area contributed by atoms with E-state index in [9.17, 15) is 0 Å². The van der Waals surface area contributed by atoms with Crippen LogP contribution in [0, 0.1) is 0 Å². The van der Waals surface area contributed by atoms with Crippen LogP contribution in [0.25, 0.3) is 0 Å². The van der Waals surface area contributed by atoms with Gasteiger partial charge in [0.25, 0.3) is 0 Å². The molecule has 5 N–H and O–H groups in total. The van der Waals surface area contributed by atoms with Crippen LogP contribution in [0.1, 0.15) is 12.8 Å². The summed E-state index contributed by atoms with van der Waals surface area (Å²) in [6.45, 7) is 0.490. The maximum atomic E-state index is 8.78. The normalized spacial score (nSPS) is 46.1. The predicted molar refractivity (Wildman–Crippen MR) is 31.2 cm³/mol. The van der Waals surface area contributed by atoms with Gasteiger partial charge in [0.2, 0.25) is 0 Å². The number of aliphatic hydroxyl groups excluding tert-OH is 1. The minimum atomic E-state index is -0.237. The van der Waals surface area contributed by atoms with Crippen LogP contribution in [0.5, 0.6) is 0 Å². The number of hydrogen-bond acceptors (Lipinski definition) is 3. The van der Waals surface area contributed by atoms with Gasteiger partial charge in [-0.2, -0.15) is 0 Å². The summed E-state index contributed by atoms with van der Waals surface area (Å²) < 4.78 is 0. The smallest absolute Gasteiger partial charge is 0.0576 e. The minimum Gasteiger partial charge on any atom is -0.393 e. The zero-order valence-electron chi connectivity index (χ0n) is 4.80. The zero-order valence-corrected chi connectivity index (χ0v) is 4.80. The third-order valence-electron chi connectivity index (χ3n) is 1.69. The molecule has 0 saturated heterocycles. The van der Waals surface area contributed by atoms with Crippen LogP contribution in [0.15, 0.2) is 0 Å². The van der Waals surface area contributed by atoms with Crippen LogP contribution in [0.2, 0.25) is 0 Å². The van der Waals surface area contributed by atoms with E-state index in [1.807, 2.05) is 0 Å². The SMILES string of the molecule is NCC1(N)CC(O)C1. The largest absolute Gasteiger partial charge is 0.393 e. The first kappa shape index (κ1) is 6.01. The molecule has 1 rings (SSSR count). The molecule has 0 spiro atoms. The average Bonchev–Trinajstić information content (AvgIpc) is 1.63. The summed E-state index contributed by atoms with van der Waals surface area (Å²) in [6, 6.07) is 0. The third kappa shape index (κ3) is 0.844. The Bertz CT molecular complexity index is 88.4. The molecule has 0 unspecified atom stereocenters. The maximum Gasteiger partial charge on any atom is 0.0576 e. The van der Waals surface area contributed by atoms with E-state index in [-0.39, 0.29) is 11.6 Å². The van der Waals surface area contributed by atoms with Crippen LogP contribution in [0.3, 0.4) is 0 Å². The van der Waals surface area contributed by atoms with Gasteiger partial charge in [-0.1, -0.05) is 0 Å². The van der Waals surface area contributed by atoms with Crippen molar-refractivity contribution in [2.75, 3.05) is 6.54 Å². The summed E-state index contributed by atoms with van der Waals surface area (Å²) >= 11 is 0. The summed E-state index contributed by atoms with van der Waals surface area (Å²) in [7, 11) is 0. The van der Waals surface area contributed by atoms with Gasteiger partial charge in [0.15, 0.2) is 0 Å². The van der Waals surface area contributed by atoms with Gasteiger partial charge in [0.05, 0.1) is 6.10 Å². The fourth-order valence-corrected chi connectivity index (χ4v) is 1.05. The Labute approximate surface area is 48.7 Å². The Kier molecular flexibility index (Phi) is 1.27. The van der Waals surface area contributed by atoms with Gasteiger partial charge in [-0.25, -0.2) is 0 Å². The second-order valence-corrected chi connectivity index (χ2v) is 2.63. The average molecular weight is 116 g/mol. The van der Waals surface area contributed by atoms with E-state index in [4.69, 9.17) is 16.6 Å². The second-order valence-electron chi connectivity index (χ2n) is 2.63. The van der Waals surface area contributed by atoms with E-state index in [0.717, 1.165) is 0 Å². The molecule has 0 atom stereocenters. The van der Waals surface area contributed by atoms with Crippen molar-refractivity contribution in [2.24, 2.45) is 11.5 Å². The predicted octanol–water partition coefficient (Wildman–Crippen LogP) is -1.20. The van der Waals surface area contributed by atoms with Gasteiger partial charge in [-0.15, -0.1) is 0 Å². The summed E-state index contributed by atoms with van der Waals surface area (Å²) in [5.74, 6) is 0. The Morgan fingerprint density at radius 2 is 2.12 bits per heavy atom. The molecule has 1 aliphatic rings. The third-order valence-corrected chi connectivity index (χ3v) is 1.69. The fourth-order valence-electron chi connectivity index (χ4n) is 1.05. The molecule has 0 amide bonds. The second kappa shape index (κ2) is 1.69. The van der Waals surface area contributed by atoms with Crippen molar-refractivity contribution in [1.29, 1.82) is 0 Å². The lowest BCUT2D eigenvalue weighted by Crippen LogP contribution is -2.59. The van der Waals surface area contributed by atoms with Gasteiger partial charge in [-0.05, 0) is 12.8 Å². The van der Waals surface area contributed by atoms with Crippen molar-refractivity contribution in [2.45, 2.75) is 24.5 Å². The molecular formula is C5H12N2O. The van der Waals surface area contributed by atoms with E-state index in [2.05, 4.69) is 0 Å². The van der Waals surface area contributed by atoms with Crippen molar-refractivity contribution in [3.05, 3.63) is 0 Å². The Hall–Kier alpha value is -0.120. The topological polar surface area (TPSA) is 72.3 Å². The molecule has 1 saturated carbocycles. The number of hydrogen-bond donors (Lipinski definition) is 3. The molecule has 0 heterocycles. The van der Waals surface area contributed by atoms with Crippen molar-refractivity contribution in [3.8, 4) is 0 Å². The fraction of sp³-hybridized carbons (Fsp3) is 1.00. The van der Waals surface area contributed by atoms with E-state index in [1.54, 1.807) is 0 Å². The van der Waals surface area contributed by atoms with Crippen molar-refractivity contribution >= 4 is 0 Å². The maximum absolute atomic E-state index is 8.78. The van der Waals surface area contributed by atoms with Gasteiger partial charge < -0.3 is 16.6 Å². The molecule has 0 bridgehead atoms. The minimum absolute atomic E-state index is 0.191. The van der Waals surface area contributed by atoms with E-state index in [0.29, 0.717) is 19.4 Å². The first-order valence-corrected chi connectivity index (χ1v) is 2.83. The van der Waals surface area contributed by atoms with Crippen LogP contribution in [-0.4, -0.2) is 23.3 Å². The highest BCUT2D eigenvalue weighted by molar-refractivity contribution is 4.99. The molecule has 3 heteroatoms. The van der Waals surface area contributed by atoms with Crippen molar-refractivity contribution in [3.63, 3.8) is 0 Å². The number of rotatable bonds is 1. The highest BCUT2D eigenvalue weighted by Gasteiger charge is 2.38. The van der Waals surface area contributed by atoms with Gasteiger partial charge in [0, 0.05) is 12.1 Å². The van der Waals surface area contributed by atoms with Crippen LogP contribution < -0.4 is 11.5 Å². The summed E-state index contributed by atoms with van der Waals surface area (Å²) in [4.78, 5) is 0. The lowest BCUT2D eigenvalue weighted by molar-refractivity contribution is 0.0274. The van der Waals surface area contributed by atoms with Crippen LogP contribution >= 0.6 is 0 Å². The molecule has 0 aliphatic heterocycles. The van der Waals surface area contributed by atoms with Gasteiger partial charge in [-0.3, -0.25) is 0 Å². The van der Waals surface area contributed by atoms with E-state index in [1.165, 1.54) is 0 Å². The Balaban J connectivity index is 2.30. The van der Waals surface area contributed by atoms with Gasteiger partial charge >= 0.3 is 0 Å². The molecule has 48 valence electrons. The molecule has 0 aromatic heterocycles. The van der Waals surface area contributed by atoms with E-state index < -0.39 is 0 Å². The van der Waals surface area contributed by atoms with Crippen molar-refractivity contribution < 1.29 is 5.11 Å². The highest BCUT2D eigenvalue weighted by Crippen LogP contribution is 2.27. The lowest BCUT2D eigenvalue weighted by Gasteiger charge is -2.41. The number of nitrogens with two attached hydrogens (primary N) is 2. The molecular weight excluding hydrogens is 104 g/mol. The summed E-state index contributed by atoms with van der Waals surface area (Å²) in [5.41, 5.74) is 10.7. The standard InChI is InChI=1S/C5H12N2O/c6-3-5(7)1-4(8)2-5/h4,8H,1-3,6-7H2. The summed E-state index contributed by atoms with van der Waals surface area (Å²) in [6.07, 6.45) is 1.15. The lowest BCUT2D eigenvalue weighted by atomic mass is 9.75. The first-order valence-electron chi connectivity index (χ1n) is 2.83. The van der Waals surface area contributed by atoms with Crippen LogP contribution in [-0.2, 0) is 0 Å². The van der Waals surface area contributed by atoms with Crippen molar-refractivity contribution in [1.82, 2.24) is 0 Å². The Morgan fingerprint density at radius 3 is 2.25 bits per heavy atom.